The van der Waals surface area contributed by atoms with E-state index in [4.69, 9.17) is 0 Å². The highest BCUT2D eigenvalue weighted by molar-refractivity contribution is 5.98. The molecule has 2 aromatic carbocycles. The molecule has 7 nitrogen and oxygen atoms in total. The first-order valence-corrected chi connectivity index (χ1v) is 8.40. The van der Waals surface area contributed by atoms with Crippen molar-refractivity contribution in [1.29, 1.82) is 0 Å². The van der Waals surface area contributed by atoms with E-state index in [1.54, 1.807) is 24.4 Å². The van der Waals surface area contributed by atoms with Crippen molar-refractivity contribution in [1.82, 2.24) is 10.3 Å². The number of nitrogens with one attached hydrogen (secondary N) is 3. The van der Waals surface area contributed by atoms with Crippen LogP contribution in [-0.4, -0.2) is 33.9 Å². The number of fused-ring (bicyclic) bond motifs is 1. The third-order valence-electron chi connectivity index (χ3n) is 4.15. The topological polar surface area (TPSA) is 111 Å². The summed E-state index contributed by atoms with van der Waals surface area (Å²) in [5, 5.41) is 15.6. The Morgan fingerprint density at radius 2 is 1.89 bits per heavy atom. The van der Waals surface area contributed by atoms with Gasteiger partial charge in [0, 0.05) is 41.7 Å². The highest BCUT2D eigenvalue weighted by Crippen LogP contribution is 2.19. The largest absolute Gasteiger partial charge is 0.480 e. The van der Waals surface area contributed by atoms with Crippen molar-refractivity contribution in [3.63, 3.8) is 0 Å². The van der Waals surface area contributed by atoms with Gasteiger partial charge in [0.2, 0.25) is 5.91 Å². The smallest absolute Gasteiger partial charge is 0.326 e. The Balaban J connectivity index is 1.77. The highest BCUT2D eigenvalue weighted by Gasteiger charge is 2.22. The van der Waals surface area contributed by atoms with E-state index in [1.807, 2.05) is 24.3 Å². The molecule has 0 aliphatic rings. The SMILES string of the molecule is CC(=O)Nc1cccc(C(=O)NC(Cc2c[nH]c3ccccc23)C(=O)O)c1. The van der Waals surface area contributed by atoms with Gasteiger partial charge in [0.25, 0.3) is 5.91 Å². The van der Waals surface area contributed by atoms with E-state index in [0.717, 1.165) is 16.5 Å². The zero-order chi connectivity index (χ0) is 19.4. The van der Waals surface area contributed by atoms with Crippen LogP contribution in [0.1, 0.15) is 22.8 Å². The molecule has 0 radical (unpaired) electrons. The summed E-state index contributed by atoms with van der Waals surface area (Å²) in [5.41, 5.74) is 2.46. The first kappa shape index (κ1) is 18.2. The van der Waals surface area contributed by atoms with Gasteiger partial charge in [-0.1, -0.05) is 24.3 Å². The second kappa shape index (κ2) is 7.74. The Morgan fingerprint density at radius 1 is 1.11 bits per heavy atom. The van der Waals surface area contributed by atoms with E-state index < -0.39 is 17.9 Å². The monoisotopic (exact) mass is 365 g/mol. The molecular weight excluding hydrogens is 346 g/mol. The molecule has 7 heteroatoms. The van der Waals surface area contributed by atoms with Gasteiger partial charge in [-0.25, -0.2) is 4.79 Å². The Kier molecular flexibility index (Phi) is 5.21. The average Bonchev–Trinajstić information content (AvgIpc) is 3.04. The van der Waals surface area contributed by atoms with Crippen LogP contribution >= 0.6 is 0 Å². The zero-order valence-corrected chi connectivity index (χ0v) is 14.7. The molecule has 138 valence electrons. The van der Waals surface area contributed by atoms with E-state index in [9.17, 15) is 19.5 Å². The lowest BCUT2D eigenvalue weighted by molar-refractivity contribution is -0.139. The maximum Gasteiger partial charge on any atom is 0.326 e. The van der Waals surface area contributed by atoms with E-state index in [-0.39, 0.29) is 17.9 Å². The number of amides is 2. The normalized spacial score (nSPS) is 11.7. The molecule has 1 heterocycles. The van der Waals surface area contributed by atoms with E-state index in [0.29, 0.717) is 5.69 Å². The van der Waals surface area contributed by atoms with Crippen LogP contribution in [0.15, 0.2) is 54.7 Å². The van der Waals surface area contributed by atoms with Gasteiger partial charge in [-0.05, 0) is 29.8 Å². The first-order valence-electron chi connectivity index (χ1n) is 8.40. The van der Waals surface area contributed by atoms with Crippen LogP contribution in [0.4, 0.5) is 5.69 Å². The summed E-state index contributed by atoms with van der Waals surface area (Å²) in [7, 11) is 0. The van der Waals surface area contributed by atoms with Gasteiger partial charge in [-0.3, -0.25) is 9.59 Å². The van der Waals surface area contributed by atoms with Crippen molar-refractivity contribution < 1.29 is 19.5 Å². The standard InChI is InChI=1S/C20H19N3O4/c1-12(24)22-15-6-4-5-13(9-15)19(25)23-18(20(26)27)10-14-11-21-17-8-3-2-7-16(14)17/h2-9,11,18,21H,10H2,1H3,(H,22,24)(H,23,25)(H,26,27). The molecule has 0 aliphatic heterocycles. The maximum atomic E-state index is 12.5. The molecule has 0 saturated heterocycles. The summed E-state index contributed by atoms with van der Waals surface area (Å²) >= 11 is 0. The fraction of sp³-hybridized carbons (Fsp3) is 0.150. The summed E-state index contributed by atoms with van der Waals surface area (Å²) in [4.78, 5) is 38.4. The van der Waals surface area contributed by atoms with Crippen molar-refractivity contribution in [2.45, 2.75) is 19.4 Å². The van der Waals surface area contributed by atoms with Gasteiger partial charge in [0.15, 0.2) is 0 Å². The number of aliphatic carboxylic acids is 1. The number of H-pyrrole nitrogens is 1. The third kappa shape index (κ3) is 4.33. The Labute approximate surface area is 155 Å². The Morgan fingerprint density at radius 3 is 2.63 bits per heavy atom. The highest BCUT2D eigenvalue weighted by atomic mass is 16.4. The number of rotatable bonds is 6. The number of para-hydroxylation sites is 1. The van der Waals surface area contributed by atoms with E-state index >= 15 is 0 Å². The zero-order valence-electron chi connectivity index (χ0n) is 14.7. The molecule has 0 spiro atoms. The molecule has 0 bridgehead atoms. The average molecular weight is 365 g/mol. The molecule has 0 aliphatic carbocycles. The molecule has 0 fully saturated rings. The van der Waals surface area contributed by atoms with Gasteiger partial charge in [0.1, 0.15) is 6.04 Å². The predicted molar refractivity (Wildman–Crippen MR) is 102 cm³/mol. The first-order chi connectivity index (χ1) is 12.9. The minimum Gasteiger partial charge on any atom is -0.480 e. The van der Waals surface area contributed by atoms with Crippen LogP contribution < -0.4 is 10.6 Å². The maximum absolute atomic E-state index is 12.5. The van der Waals surface area contributed by atoms with Gasteiger partial charge in [-0.15, -0.1) is 0 Å². The number of carboxylic acid groups (broad SMARTS) is 1. The van der Waals surface area contributed by atoms with Crippen LogP contribution in [0.5, 0.6) is 0 Å². The molecule has 27 heavy (non-hydrogen) atoms. The molecule has 2 amide bonds. The lowest BCUT2D eigenvalue weighted by Gasteiger charge is -2.15. The number of aromatic amines is 1. The van der Waals surface area contributed by atoms with Crippen molar-refractivity contribution in [3.05, 3.63) is 65.9 Å². The van der Waals surface area contributed by atoms with Crippen LogP contribution in [0.2, 0.25) is 0 Å². The van der Waals surface area contributed by atoms with Crippen LogP contribution in [0, 0.1) is 0 Å². The van der Waals surface area contributed by atoms with E-state index in [2.05, 4.69) is 15.6 Å². The second-order valence-corrected chi connectivity index (χ2v) is 6.19. The molecule has 1 atom stereocenters. The number of anilines is 1. The van der Waals surface area contributed by atoms with Crippen molar-refractivity contribution in [3.8, 4) is 0 Å². The fourth-order valence-electron chi connectivity index (χ4n) is 2.90. The third-order valence-corrected chi connectivity index (χ3v) is 4.15. The van der Waals surface area contributed by atoms with Crippen molar-refractivity contribution in [2.24, 2.45) is 0 Å². The summed E-state index contributed by atoms with van der Waals surface area (Å²) in [6, 6.07) is 12.8. The summed E-state index contributed by atoms with van der Waals surface area (Å²) in [5.74, 6) is -1.89. The van der Waals surface area contributed by atoms with Crippen molar-refractivity contribution in [2.75, 3.05) is 5.32 Å². The fourth-order valence-corrected chi connectivity index (χ4v) is 2.90. The van der Waals surface area contributed by atoms with Gasteiger partial charge >= 0.3 is 5.97 Å². The molecule has 3 rings (SSSR count). The number of hydrogen-bond acceptors (Lipinski definition) is 3. The lowest BCUT2D eigenvalue weighted by Crippen LogP contribution is -2.42. The summed E-state index contributed by atoms with van der Waals surface area (Å²) < 4.78 is 0. The number of hydrogen-bond donors (Lipinski definition) is 4. The summed E-state index contributed by atoms with van der Waals surface area (Å²) in [6.07, 6.45) is 1.90. The van der Waals surface area contributed by atoms with Gasteiger partial charge < -0.3 is 20.7 Å². The quantitative estimate of drug-likeness (QED) is 0.538. The predicted octanol–water partition coefficient (Wildman–Crippen LogP) is 2.55. The lowest BCUT2D eigenvalue weighted by atomic mass is 10.0. The van der Waals surface area contributed by atoms with Gasteiger partial charge in [-0.2, -0.15) is 0 Å². The Hall–Kier alpha value is -3.61. The number of benzene rings is 2. The molecule has 0 saturated carbocycles. The minimum absolute atomic E-state index is 0.149. The molecular formula is C20H19N3O4. The van der Waals surface area contributed by atoms with Gasteiger partial charge in [0.05, 0.1) is 0 Å². The summed E-state index contributed by atoms with van der Waals surface area (Å²) in [6.45, 7) is 1.37. The number of carboxylic acids is 1. The van der Waals surface area contributed by atoms with Crippen LogP contribution in [0.25, 0.3) is 10.9 Å². The Bertz CT molecular complexity index is 1010. The van der Waals surface area contributed by atoms with E-state index in [1.165, 1.54) is 13.0 Å². The van der Waals surface area contributed by atoms with Crippen LogP contribution in [0.3, 0.4) is 0 Å². The number of carbonyl (C=O) groups is 3. The minimum atomic E-state index is -1.12. The van der Waals surface area contributed by atoms with Crippen molar-refractivity contribution >= 4 is 34.4 Å². The number of carbonyl (C=O) groups excluding carboxylic acids is 2. The second-order valence-electron chi connectivity index (χ2n) is 6.19. The molecule has 3 aromatic rings. The molecule has 4 N–H and O–H groups in total. The molecule has 1 unspecified atom stereocenters. The molecule has 1 aromatic heterocycles. The van der Waals surface area contributed by atoms with Crippen LogP contribution in [-0.2, 0) is 16.0 Å². The number of aromatic nitrogens is 1.